The molecule has 7 heteroatoms. The summed E-state index contributed by atoms with van der Waals surface area (Å²) in [6.07, 6.45) is 73.1. The minimum atomic E-state index is 0. The minimum Gasteiger partial charge on any atom is -0.411 e. The van der Waals surface area contributed by atoms with Crippen molar-refractivity contribution in [3.63, 3.8) is 0 Å². The molecule has 0 aromatic rings. The second-order valence-electron chi connectivity index (χ2n) is 21.5. The molecule has 0 aliphatic rings. The molecule has 0 heterocycles. The zero-order valence-corrected chi connectivity index (χ0v) is 51.7. The quantitative estimate of drug-likeness (QED) is 0.0257. The van der Waals surface area contributed by atoms with Gasteiger partial charge in [0.25, 0.3) is 0 Å². The number of hydrogen-bond donors (Lipinski definition) is 0. The molecule has 0 bridgehead atoms. The molecule has 0 fully saturated rings. The summed E-state index contributed by atoms with van der Waals surface area (Å²) < 4.78 is 1.38. The van der Waals surface area contributed by atoms with E-state index < -0.39 is 0 Å². The average molecular weight is 1080 g/mol. The molecule has 69 heavy (non-hydrogen) atoms. The van der Waals surface area contributed by atoms with Crippen molar-refractivity contribution in [2.45, 2.75) is 362 Å². The van der Waals surface area contributed by atoms with Gasteiger partial charge in [-0.15, -0.1) is 0 Å². The maximum absolute atomic E-state index is 5.34. The molecule has 0 aliphatic heterocycles. The van der Waals surface area contributed by atoms with E-state index in [1.54, 1.807) is 0 Å². The molecule has 0 amide bonds. The van der Waals surface area contributed by atoms with Crippen molar-refractivity contribution in [3.8, 4) is 0 Å². The molecule has 0 aromatic carbocycles. The molecule has 0 spiro atoms. The molecule has 0 radical (unpaired) electrons. The van der Waals surface area contributed by atoms with Crippen molar-refractivity contribution < 1.29 is 16.5 Å². The standard InChI is InChI=1S/2C31H63NS2.Ni/c2*1-3-5-7-9-11-13-15-17-19-21-23-25-27-29-32(31(33)34)30-28-26-24-22-20-18-16-14-12-10-8-6-4-2;/h2*3-30H2,1-2H3,(H,33,34);/q;;+2/p-2. The van der Waals surface area contributed by atoms with Crippen LogP contribution in [-0.2, 0) is 41.7 Å². The maximum atomic E-state index is 5.34. The van der Waals surface area contributed by atoms with Crippen LogP contribution in [0.15, 0.2) is 0 Å². The molecule has 0 saturated heterocycles. The van der Waals surface area contributed by atoms with Crippen LogP contribution in [0.5, 0.6) is 0 Å². The Bertz CT molecular complexity index is 819. The summed E-state index contributed by atoms with van der Waals surface area (Å²) in [5.41, 5.74) is 0. The summed E-state index contributed by atoms with van der Waals surface area (Å²) in [6, 6.07) is 0. The van der Waals surface area contributed by atoms with Crippen LogP contribution in [0, 0.1) is 0 Å². The Morgan fingerprint density at radius 3 is 0.420 bits per heavy atom. The fourth-order valence-corrected chi connectivity index (χ4v) is 10.6. The van der Waals surface area contributed by atoms with E-state index in [2.05, 4.69) is 37.5 Å². The van der Waals surface area contributed by atoms with Gasteiger partial charge in [0, 0.05) is 26.2 Å². The zero-order chi connectivity index (χ0) is 49.9. The van der Waals surface area contributed by atoms with Crippen LogP contribution < -0.4 is 0 Å². The summed E-state index contributed by atoms with van der Waals surface area (Å²) in [7, 11) is 0. The fraction of sp³-hybridized carbons (Fsp3) is 0.968. The van der Waals surface area contributed by atoms with Crippen LogP contribution in [-0.4, -0.2) is 44.6 Å². The minimum absolute atomic E-state index is 0. The number of rotatable bonds is 56. The summed E-state index contributed by atoms with van der Waals surface area (Å²) in [4.78, 5) is 4.59. The molecule has 0 saturated carbocycles. The zero-order valence-electron chi connectivity index (χ0n) is 47.4. The Morgan fingerprint density at radius 2 is 0.319 bits per heavy atom. The van der Waals surface area contributed by atoms with Crippen molar-refractivity contribution in [2.75, 3.05) is 26.2 Å². The third-order valence-electron chi connectivity index (χ3n) is 14.6. The van der Waals surface area contributed by atoms with Gasteiger partial charge < -0.3 is 59.5 Å². The molecule has 416 valence electrons. The van der Waals surface area contributed by atoms with Gasteiger partial charge in [0.2, 0.25) is 0 Å². The number of unbranched alkanes of at least 4 members (excludes halogenated alkanes) is 48. The van der Waals surface area contributed by atoms with E-state index in [9.17, 15) is 0 Å². The van der Waals surface area contributed by atoms with Gasteiger partial charge in [0.1, 0.15) is 0 Å². The van der Waals surface area contributed by atoms with Crippen LogP contribution in [0.4, 0.5) is 0 Å². The number of nitrogens with zero attached hydrogens (tertiary/aromatic N) is 2. The van der Waals surface area contributed by atoms with E-state index in [-0.39, 0.29) is 16.5 Å². The van der Waals surface area contributed by atoms with E-state index in [1.807, 2.05) is 0 Å². The van der Waals surface area contributed by atoms with Gasteiger partial charge in [-0.1, -0.05) is 345 Å². The monoisotopic (exact) mass is 1080 g/mol. The van der Waals surface area contributed by atoms with Gasteiger partial charge in [-0.25, -0.2) is 0 Å². The largest absolute Gasteiger partial charge is 2.00 e. The second-order valence-corrected chi connectivity index (χ2v) is 23.5. The van der Waals surface area contributed by atoms with E-state index in [0.29, 0.717) is 8.64 Å². The summed E-state index contributed by atoms with van der Waals surface area (Å²) >= 11 is 21.4. The van der Waals surface area contributed by atoms with E-state index in [1.165, 1.54) is 334 Å². The van der Waals surface area contributed by atoms with Crippen molar-refractivity contribution in [1.82, 2.24) is 9.80 Å². The first-order valence-corrected chi connectivity index (χ1v) is 33.0. The second kappa shape index (κ2) is 66.7. The average Bonchev–Trinajstić information content (AvgIpc) is 3.33. The normalized spacial score (nSPS) is 11.1. The predicted octanol–water partition coefficient (Wildman–Crippen LogP) is 22.6. The third kappa shape index (κ3) is 64.8. The van der Waals surface area contributed by atoms with Gasteiger partial charge >= 0.3 is 16.5 Å². The van der Waals surface area contributed by atoms with Crippen molar-refractivity contribution in [2.24, 2.45) is 0 Å². The molecule has 0 aliphatic carbocycles. The smallest absolute Gasteiger partial charge is 0.411 e. The third-order valence-corrected chi connectivity index (χ3v) is 15.7. The van der Waals surface area contributed by atoms with Crippen LogP contribution >= 0.6 is 24.4 Å². The van der Waals surface area contributed by atoms with Crippen LogP contribution in [0.25, 0.3) is 0 Å². The van der Waals surface area contributed by atoms with Gasteiger partial charge in [-0.05, 0) is 25.7 Å². The topological polar surface area (TPSA) is 6.48 Å². The van der Waals surface area contributed by atoms with Crippen molar-refractivity contribution >= 4 is 58.3 Å². The molecule has 2 nitrogen and oxygen atoms in total. The van der Waals surface area contributed by atoms with E-state index in [4.69, 9.17) is 49.7 Å². The Kier molecular flexibility index (Phi) is 71.5. The van der Waals surface area contributed by atoms with Crippen molar-refractivity contribution in [3.05, 3.63) is 0 Å². The van der Waals surface area contributed by atoms with Crippen molar-refractivity contribution in [1.29, 1.82) is 0 Å². The predicted molar refractivity (Wildman–Crippen MR) is 326 cm³/mol. The summed E-state index contributed by atoms with van der Waals surface area (Å²) in [5.74, 6) is 0. The molecule has 0 aromatic heterocycles. The van der Waals surface area contributed by atoms with Crippen LogP contribution in [0.3, 0.4) is 0 Å². The Labute approximate surface area is 469 Å². The van der Waals surface area contributed by atoms with Crippen LogP contribution in [0.2, 0.25) is 0 Å². The first-order valence-electron chi connectivity index (χ1n) is 31.4. The summed E-state index contributed by atoms with van der Waals surface area (Å²) in [5, 5.41) is 0. The molecular formula is C62H124N2NiS4. The SMILES string of the molecule is CCCCCCCCCCCCCCCN(CCCCCCCCCCCCCCC)C(=S)[S-].CCCCCCCCCCCCCCCN(CCCCCCCCCCCCCCC)C(=S)[S-].[Ni+2]. The number of thiocarbonyl (C=S) groups is 2. The van der Waals surface area contributed by atoms with Gasteiger partial charge in [0.05, 0.1) is 0 Å². The Balaban J connectivity index is -0.00000124. The first kappa shape index (κ1) is 74.0. The Morgan fingerprint density at radius 1 is 0.217 bits per heavy atom. The molecule has 0 unspecified atom stereocenters. The van der Waals surface area contributed by atoms with E-state index >= 15 is 0 Å². The number of hydrogen-bond acceptors (Lipinski definition) is 4. The van der Waals surface area contributed by atoms with Gasteiger partial charge in [0.15, 0.2) is 0 Å². The molecule has 0 rings (SSSR count). The maximum Gasteiger partial charge on any atom is 2.00 e. The van der Waals surface area contributed by atoms with Gasteiger partial charge in [-0.3, -0.25) is 0 Å². The molecule has 0 atom stereocenters. The first-order chi connectivity index (χ1) is 33.4. The fourth-order valence-electron chi connectivity index (χ4n) is 9.87. The Hall–Kier alpha value is 0.714. The summed E-state index contributed by atoms with van der Waals surface area (Å²) in [6.45, 7) is 13.5. The van der Waals surface area contributed by atoms with Crippen LogP contribution in [0.1, 0.15) is 362 Å². The van der Waals surface area contributed by atoms with Gasteiger partial charge in [-0.2, -0.15) is 0 Å². The molecular weight excluding hydrogens is 960 g/mol. The van der Waals surface area contributed by atoms with E-state index in [0.717, 1.165) is 26.2 Å². The molecule has 0 N–H and O–H groups in total.